The van der Waals surface area contributed by atoms with Gasteiger partial charge < -0.3 is 10.5 Å². The molecule has 0 saturated heterocycles. The highest BCUT2D eigenvalue weighted by Gasteiger charge is 2.58. The summed E-state index contributed by atoms with van der Waals surface area (Å²) in [4.78, 5) is 4.47. The van der Waals surface area contributed by atoms with E-state index in [1.807, 2.05) is 12.1 Å². The van der Waals surface area contributed by atoms with Crippen molar-refractivity contribution in [3.8, 4) is 5.88 Å². The van der Waals surface area contributed by atoms with Crippen LogP contribution in [0.3, 0.4) is 0 Å². The SMILES string of the molecule is COc1cccc([C@H]2[C@H](CN)C2(C)C)n1. The van der Waals surface area contributed by atoms with E-state index in [4.69, 9.17) is 10.5 Å². The van der Waals surface area contributed by atoms with E-state index in [0.29, 0.717) is 17.7 Å². The summed E-state index contributed by atoms with van der Waals surface area (Å²) in [5, 5.41) is 0. The second-order valence-electron chi connectivity index (χ2n) is 4.75. The first-order valence-corrected chi connectivity index (χ1v) is 5.32. The first-order valence-electron chi connectivity index (χ1n) is 5.32. The summed E-state index contributed by atoms with van der Waals surface area (Å²) >= 11 is 0. The number of hydrogen-bond donors (Lipinski definition) is 1. The molecule has 1 saturated carbocycles. The van der Waals surface area contributed by atoms with Gasteiger partial charge >= 0.3 is 0 Å². The number of aromatic nitrogens is 1. The molecule has 82 valence electrons. The molecule has 0 unspecified atom stereocenters. The molecule has 1 aromatic heterocycles. The van der Waals surface area contributed by atoms with Crippen LogP contribution in [0.4, 0.5) is 0 Å². The smallest absolute Gasteiger partial charge is 0.213 e. The molecule has 0 radical (unpaired) electrons. The van der Waals surface area contributed by atoms with Crippen molar-refractivity contribution in [1.82, 2.24) is 4.98 Å². The molecule has 3 heteroatoms. The minimum atomic E-state index is 0.286. The number of ether oxygens (including phenoxy) is 1. The average molecular weight is 206 g/mol. The zero-order valence-corrected chi connectivity index (χ0v) is 9.53. The van der Waals surface area contributed by atoms with Crippen molar-refractivity contribution in [2.45, 2.75) is 19.8 Å². The van der Waals surface area contributed by atoms with E-state index in [1.54, 1.807) is 7.11 Å². The van der Waals surface area contributed by atoms with Crippen molar-refractivity contribution in [1.29, 1.82) is 0 Å². The van der Waals surface area contributed by atoms with Crippen molar-refractivity contribution in [3.63, 3.8) is 0 Å². The van der Waals surface area contributed by atoms with Crippen LogP contribution in [0.25, 0.3) is 0 Å². The second-order valence-corrected chi connectivity index (χ2v) is 4.75. The Labute approximate surface area is 90.7 Å². The van der Waals surface area contributed by atoms with E-state index in [-0.39, 0.29) is 5.41 Å². The van der Waals surface area contributed by atoms with E-state index in [1.165, 1.54) is 0 Å². The molecular weight excluding hydrogens is 188 g/mol. The highest BCUT2D eigenvalue weighted by molar-refractivity contribution is 5.29. The predicted molar refractivity (Wildman–Crippen MR) is 59.9 cm³/mol. The summed E-state index contributed by atoms with van der Waals surface area (Å²) in [5.41, 5.74) is 7.14. The molecule has 0 aliphatic heterocycles. The second kappa shape index (κ2) is 3.49. The van der Waals surface area contributed by atoms with E-state index in [2.05, 4.69) is 24.9 Å². The lowest BCUT2D eigenvalue weighted by molar-refractivity contribution is 0.395. The Morgan fingerprint density at radius 1 is 1.47 bits per heavy atom. The Morgan fingerprint density at radius 3 is 2.73 bits per heavy atom. The Kier molecular flexibility index (Phi) is 2.43. The summed E-state index contributed by atoms with van der Waals surface area (Å²) in [5.74, 6) is 1.72. The summed E-state index contributed by atoms with van der Waals surface area (Å²) < 4.78 is 5.13. The maximum absolute atomic E-state index is 5.75. The van der Waals surface area contributed by atoms with Crippen LogP contribution >= 0.6 is 0 Å². The minimum absolute atomic E-state index is 0.286. The minimum Gasteiger partial charge on any atom is -0.481 e. The Morgan fingerprint density at radius 2 is 2.20 bits per heavy atom. The average Bonchev–Trinajstić information content (AvgIpc) is 2.80. The molecule has 2 atom stereocenters. The highest BCUT2D eigenvalue weighted by atomic mass is 16.5. The largest absolute Gasteiger partial charge is 0.481 e. The van der Waals surface area contributed by atoms with Gasteiger partial charge in [-0.1, -0.05) is 19.9 Å². The van der Waals surface area contributed by atoms with Crippen LogP contribution in [-0.2, 0) is 0 Å². The fourth-order valence-corrected chi connectivity index (χ4v) is 2.49. The first-order chi connectivity index (χ1) is 7.11. The molecule has 2 N–H and O–H groups in total. The fraction of sp³-hybridized carbons (Fsp3) is 0.583. The summed E-state index contributed by atoms with van der Waals surface area (Å²) in [6.45, 7) is 5.23. The van der Waals surface area contributed by atoms with Crippen LogP contribution in [0.2, 0.25) is 0 Å². The van der Waals surface area contributed by atoms with Crippen LogP contribution in [0.1, 0.15) is 25.5 Å². The number of hydrogen-bond acceptors (Lipinski definition) is 3. The van der Waals surface area contributed by atoms with Crippen LogP contribution in [0.15, 0.2) is 18.2 Å². The maximum Gasteiger partial charge on any atom is 0.213 e. The Bertz CT molecular complexity index is 362. The van der Waals surface area contributed by atoms with Crippen molar-refractivity contribution in [2.24, 2.45) is 17.1 Å². The lowest BCUT2D eigenvalue weighted by atomic mass is 10.1. The molecular formula is C12H18N2O. The van der Waals surface area contributed by atoms with Gasteiger partial charge in [-0.05, 0) is 23.9 Å². The lowest BCUT2D eigenvalue weighted by Gasteiger charge is -2.04. The van der Waals surface area contributed by atoms with E-state index < -0.39 is 0 Å². The number of rotatable bonds is 3. The lowest BCUT2D eigenvalue weighted by Crippen LogP contribution is -2.05. The topological polar surface area (TPSA) is 48.1 Å². The molecule has 0 bridgehead atoms. The standard InChI is InChI=1S/C12H18N2O/c1-12(2)8(7-13)11(12)9-5-4-6-10(14-9)15-3/h4-6,8,11H,7,13H2,1-3H3/t8-,11+/m0/s1. The van der Waals surface area contributed by atoms with Gasteiger partial charge in [-0.3, -0.25) is 0 Å². The van der Waals surface area contributed by atoms with Gasteiger partial charge in [-0.2, -0.15) is 0 Å². The zero-order valence-electron chi connectivity index (χ0n) is 9.53. The van der Waals surface area contributed by atoms with Crippen LogP contribution < -0.4 is 10.5 Å². The molecule has 1 heterocycles. The molecule has 1 aliphatic carbocycles. The quantitative estimate of drug-likeness (QED) is 0.820. The molecule has 1 aromatic rings. The summed E-state index contributed by atoms with van der Waals surface area (Å²) in [6, 6.07) is 5.92. The third-order valence-electron chi connectivity index (χ3n) is 3.58. The van der Waals surface area contributed by atoms with E-state index in [0.717, 1.165) is 12.2 Å². The normalized spacial score (nSPS) is 27.5. The van der Waals surface area contributed by atoms with Crippen molar-refractivity contribution < 1.29 is 4.74 Å². The number of methoxy groups -OCH3 is 1. The molecule has 1 fully saturated rings. The van der Waals surface area contributed by atoms with E-state index >= 15 is 0 Å². The predicted octanol–water partition coefficient (Wildman–Crippen LogP) is 1.79. The monoisotopic (exact) mass is 206 g/mol. The highest BCUT2D eigenvalue weighted by Crippen LogP contribution is 2.63. The molecule has 3 nitrogen and oxygen atoms in total. The zero-order chi connectivity index (χ0) is 11.1. The molecule has 0 spiro atoms. The van der Waals surface area contributed by atoms with Crippen LogP contribution in [0.5, 0.6) is 5.88 Å². The Hall–Kier alpha value is -1.09. The molecule has 0 aromatic carbocycles. The van der Waals surface area contributed by atoms with Gasteiger partial charge in [-0.25, -0.2) is 4.98 Å². The van der Waals surface area contributed by atoms with Crippen molar-refractivity contribution >= 4 is 0 Å². The first kappa shape index (κ1) is 10.4. The van der Waals surface area contributed by atoms with Gasteiger partial charge in [0.05, 0.1) is 7.11 Å². The van der Waals surface area contributed by atoms with Crippen molar-refractivity contribution in [3.05, 3.63) is 23.9 Å². The van der Waals surface area contributed by atoms with Gasteiger partial charge in [0.2, 0.25) is 5.88 Å². The Balaban J connectivity index is 2.24. The summed E-state index contributed by atoms with van der Waals surface area (Å²) in [7, 11) is 1.64. The van der Waals surface area contributed by atoms with Gasteiger partial charge in [-0.15, -0.1) is 0 Å². The number of pyridine rings is 1. The number of nitrogens with two attached hydrogens (primary N) is 1. The van der Waals surface area contributed by atoms with E-state index in [9.17, 15) is 0 Å². The van der Waals surface area contributed by atoms with Gasteiger partial charge in [0, 0.05) is 17.7 Å². The fourth-order valence-electron chi connectivity index (χ4n) is 2.49. The van der Waals surface area contributed by atoms with Crippen LogP contribution in [-0.4, -0.2) is 18.6 Å². The van der Waals surface area contributed by atoms with Gasteiger partial charge in [0.15, 0.2) is 0 Å². The van der Waals surface area contributed by atoms with Crippen LogP contribution in [0, 0.1) is 11.3 Å². The third kappa shape index (κ3) is 1.61. The molecule has 15 heavy (non-hydrogen) atoms. The number of nitrogens with zero attached hydrogens (tertiary/aromatic N) is 1. The maximum atomic E-state index is 5.75. The van der Waals surface area contributed by atoms with Crippen molar-refractivity contribution in [2.75, 3.05) is 13.7 Å². The molecule has 1 aliphatic rings. The summed E-state index contributed by atoms with van der Waals surface area (Å²) in [6.07, 6.45) is 0. The van der Waals surface area contributed by atoms with Gasteiger partial charge in [0.25, 0.3) is 0 Å². The van der Waals surface area contributed by atoms with Gasteiger partial charge in [0.1, 0.15) is 0 Å². The third-order valence-corrected chi connectivity index (χ3v) is 3.58. The molecule has 2 rings (SSSR count). The molecule has 0 amide bonds.